The third-order valence-electron chi connectivity index (χ3n) is 3.36. The highest BCUT2D eigenvalue weighted by Crippen LogP contribution is 2.24. The zero-order chi connectivity index (χ0) is 15.6. The van der Waals surface area contributed by atoms with Gasteiger partial charge in [0.1, 0.15) is 11.5 Å². The van der Waals surface area contributed by atoms with Crippen LogP contribution >= 0.6 is 0 Å². The van der Waals surface area contributed by atoms with Crippen molar-refractivity contribution in [3.8, 4) is 0 Å². The first-order valence-corrected chi connectivity index (χ1v) is 8.39. The first-order chi connectivity index (χ1) is 9.82. The van der Waals surface area contributed by atoms with Gasteiger partial charge in [-0.1, -0.05) is 18.2 Å². The number of furan rings is 1. The summed E-state index contributed by atoms with van der Waals surface area (Å²) in [5, 5.41) is 0. The summed E-state index contributed by atoms with van der Waals surface area (Å²) in [6, 6.07) is 10.5. The maximum Gasteiger partial charge on any atom is 0.243 e. The molecule has 0 aliphatic rings. The molecule has 0 unspecified atom stereocenters. The Hall–Kier alpha value is -1.59. The summed E-state index contributed by atoms with van der Waals surface area (Å²) in [6.07, 6.45) is 0. The van der Waals surface area contributed by atoms with Crippen molar-refractivity contribution in [2.75, 3.05) is 0 Å². The fourth-order valence-electron chi connectivity index (χ4n) is 2.24. The van der Waals surface area contributed by atoms with E-state index in [0.29, 0.717) is 10.7 Å². The first-order valence-electron chi connectivity index (χ1n) is 6.95. The van der Waals surface area contributed by atoms with Gasteiger partial charge in [0.15, 0.2) is 0 Å². The van der Waals surface area contributed by atoms with Crippen LogP contribution < -0.4 is 0 Å². The predicted octanol–water partition coefficient (Wildman–Crippen LogP) is 3.50. The summed E-state index contributed by atoms with van der Waals surface area (Å²) < 4.78 is 32.8. The Bertz CT molecular complexity index is 717. The van der Waals surface area contributed by atoms with Gasteiger partial charge in [-0.25, -0.2) is 8.42 Å². The lowest BCUT2D eigenvalue weighted by molar-refractivity contribution is 0.314. The lowest BCUT2D eigenvalue weighted by Gasteiger charge is -2.25. The second kappa shape index (κ2) is 6.03. The highest BCUT2D eigenvalue weighted by Gasteiger charge is 2.29. The van der Waals surface area contributed by atoms with Gasteiger partial charge in [0, 0.05) is 6.04 Å². The van der Waals surface area contributed by atoms with Crippen LogP contribution in [-0.4, -0.2) is 18.8 Å². The molecule has 0 bridgehead atoms. The second-order valence-corrected chi connectivity index (χ2v) is 7.28. The van der Waals surface area contributed by atoms with E-state index in [4.69, 9.17) is 4.42 Å². The lowest BCUT2D eigenvalue weighted by atomic mass is 10.2. The molecule has 0 N–H and O–H groups in total. The molecule has 0 radical (unpaired) electrons. The van der Waals surface area contributed by atoms with Crippen LogP contribution in [0.2, 0.25) is 0 Å². The third kappa shape index (κ3) is 3.36. The van der Waals surface area contributed by atoms with E-state index in [2.05, 4.69) is 0 Å². The van der Waals surface area contributed by atoms with Gasteiger partial charge >= 0.3 is 0 Å². The van der Waals surface area contributed by atoms with Crippen molar-refractivity contribution in [2.45, 2.75) is 45.2 Å². The quantitative estimate of drug-likeness (QED) is 0.849. The van der Waals surface area contributed by atoms with E-state index in [1.54, 1.807) is 12.1 Å². The smallest absolute Gasteiger partial charge is 0.243 e. The number of rotatable bonds is 5. The van der Waals surface area contributed by atoms with Crippen LogP contribution in [0.25, 0.3) is 0 Å². The maximum atomic E-state index is 12.9. The molecule has 0 amide bonds. The minimum Gasteiger partial charge on any atom is -0.465 e. The number of hydrogen-bond donors (Lipinski definition) is 0. The van der Waals surface area contributed by atoms with Crippen molar-refractivity contribution in [3.05, 3.63) is 53.5 Å². The lowest BCUT2D eigenvalue weighted by Crippen LogP contribution is -2.36. The van der Waals surface area contributed by atoms with Gasteiger partial charge in [-0.05, 0) is 51.5 Å². The summed E-state index contributed by atoms with van der Waals surface area (Å²) in [6.45, 7) is 7.63. The van der Waals surface area contributed by atoms with Crippen molar-refractivity contribution in [3.63, 3.8) is 0 Å². The minimum atomic E-state index is -3.55. The van der Waals surface area contributed by atoms with Crippen LogP contribution in [0.1, 0.15) is 30.9 Å². The average Bonchev–Trinajstić information content (AvgIpc) is 2.81. The molecule has 1 heterocycles. The van der Waals surface area contributed by atoms with Gasteiger partial charge in [0.25, 0.3) is 0 Å². The zero-order valence-electron chi connectivity index (χ0n) is 12.8. The van der Waals surface area contributed by atoms with Crippen molar-refractivity contribution in [2.24, 2.45) is 0 Å². The topological polar surface area (TPSA) is 50.5 Å². The van der Waals surface area contributed by atoms with E-state index in [0.717, 1.165) is 11.3 Å². The largest absolute Gasteiger partial charge is 0.465 e. The van der Waals surface area contributed by atoms with E-state index in [9.17, 15) is 8.42 Å². The van der Waals surface area contributed by atoms with E-state index in [-0.39, 0.29) is 12.6 Å². The molecule has 0 atom stereocenters. The molecule has 0 saturated heterocycles. The van der Waals surface area contributed by atoms with Gasteiger partial charge in [-0.3, -0.25) is 0 Å². The molecule has 0 aliphatic heterocycles. The van der Waals surface area contributed by atoms with E-state index >= 15 is 0 Å². The summed E-state index contributed by atoms with van der Waals surface area (Å²) in [7, 11) is -3.55. The SMILES string of the molecule is Cc1ccc(CN(C(C)C)S(=O)(=O)c2ccccc2C)o1. The Morgan fingerprint density at radius 1 is 1.10 bits per heavy atom. The molecule has 4 nitrogen and oxygen atoms in total. The fraction of sp³-hybridized carbons (Fsp3) is 0.375. The Morgan fingerprint density at radius 3 is 2.29 bits per heavy atom. The van der Waals surface area contributed by atoms with Crippen molar-refractivity contribution in [1.82, 2.24) is 4.31 Å². The normalized spacial score (nSPS) is 12.3. The molecule has 21 heavy (non-hydrogen) atoms. The summed E-state index contributed by atoms with van der Waals surface area (Å²) in [5.41, 5.74) is 0.749. The summed E-state index contributed by atoms with van der Waals surface area (Å²) in [4.78, 5) is 0.349. The van der Waals surface area contributed by atoms with Gasteiger partial charge < -0.3 is 4.42 Å². The molecule has 5 heteroatoms. The van der Waals surface area contributed by atoms with Crippen molar-refractivity contribution >= 4 is 10.0 Å². The third-order valence-corrected chi connectivity index (χ3v) is 5.55. The standard InChI is InChI=1S/C16H21NO3S/c1-12(2)17(11-15-10-9-14(4)20-15)21(18,19)16-8-6-5-7-13(16)3/h5-10,12H,11H2,1-4H3. The molecule has 0 saturated carbocycles. The van der Waals surface area contributed by atoms with Crippen LogP contribution in [0.15, 0.2) is 45.7 Å². The predicted molar refractivity (Wildman–Crippen MR) is 82.5 cm³/mol. The van der Waals surface area contributed by atoms with E-state index < -0.39 is 10.0 Å². The first kappa shape index (κ1) is 15.8. The Balaban J connectivity index is 2.40. The highest BCUT2D eigenvalue weighted by molar-refractivity contribution is 7.89. The number of aryl methyl sites for hydroxylation is 2. The van der Waals surface area contributed by atoms with Crippen LogP contribution in [0.3, 0.4) is 0 Å². The zero-order valence-corrected chi connectivity index (χ0v) is 13.6. The molecule has 2 rings (SSSR count). The minimum absolute atomic E-state index is 0.153. The van der Waals surface area contributed by atoms with Crippen LogP contribution in [0.4, 0.5) is 0 Å². The number of benzene rings is 1. The number of hydrogen-bond acceptors (Lipinski definition) is 3. The molecular formula is C16H21NO3S. The Morgan fingerprint density at radius 2 is 1.76 bits per heavy atom. The Labute approximate surface area is 126 Å². The van der Waals surface area contributed by atoms with Crippen LogP contribution in [-0.2, 0) is 16.6 Å². The molecule has 0 aliphatic carbocycles. The van der Waals surface area contributed by atoms with Crippen LogP contribution in [0.5, 0.6) is 0 Å². The van der Waals surface area contributed by atoms with Gasteiger partial charge in [-0.15, -0.1) is 0 Å². The molecular weight excluding hydrogens is 286 g/mol. The average molecular weight is 307 g/mol. The second-order valence-electron chi connectivity index (χ2n) is 5.42. The molecule has 1 aromatic carbocycles. The summed E-state index contributed by atoms with van der Waals surface area (Å²) >= 11 is 0. The molecule has 2 aromatic rings. The van der Waals surface area contributed by atoms with Crippen molar-refractivity contribution in [1.29, 1.82) is 0 Å². The number of nitrogens with zero attached hydrogens (tertiary/aromatic N) is 1. The van der Waals surface area contributed by atoms with Gasteiger partial charge in [0.05, 0.1) is 11.4 Å². The van der Waals surface area contributed by atoms with Gasteiger partial charge in [0.2, 0.25) is 10.0 Å². The monoisotopic (exact) mass is 307 g/mol. The van der Waals surface area contributed by atoms with Gasteiger partial charge in [-0.2, -0.15) is 4.31 Å². The Kier molecular flexibility index (Phi) is 4.54. The van der Waals surface area contributed by atoms with Crippen molar-refractivity contribution < 1.29 is 12.8 Å². The molecule has 114 valence electrons. The number of sulfonamides is 1. The van der Waals surface area contributed by atoms with Crippen LogP contribution in [0, 0.1) is 13.8 Å². The fourth-order valence-corrected chi connectivity index (χ4v) is 4.07. The van der Waals surface area contributed by atoms with E-state index in [1.807, 2.05) is 52.0 Å². The summed E-state index contributed by atoms with van der Waals surface area (Å²) in [5.74, 6) is 1.43. The van der Waals surface area contributed by atoms with E-state index in [1.165, 1.54) is 4.31 Å². The molecule has 1 aromatic heterocycles. The maximum absolute atomic E-state index is 12.9. The highest BCUT2D eigenvalue weighted by atomic mass is 32.2. The molecule has 0 fully saturated rings. The molecule has 0 spiro atoms.